The molecule has 0 aliphatic carbocycles. The van der Waals surface area contributed by atoms with Crippen molar-refractivity contribution in [3.63, 3.8) is 0 Å². The van der Waals surface area contributed by atoms with E-state index in [2.05, 4.69) is 0 Å². The van der Waals surface area contributed by atoms with E-state index in [-0.39, 0.29) is 6.61 Å². The van der Waals surface area contributed by atoms with E-state index < -0.39 is 0 Å². The monoisotopic (exact) mass is 151 g/mol. The fourth-order valence-corrected chi connectivity index (χ4v) is 1.05. The van der Waals surface area contributed by atoms with E-state index >= 15 is 0 Å². The summed E-state index contributed by atoms with van der Waals surface area (Å²) in [7, 11) is 0. The minimum atomic E-state index is 0.110. The second kappa shape index (κ2) is 4.11. The maximum absolute atomic E-state index is 8.80. The molecule has 0 atom stereocenters. The average Bonchev–Trinajstić information content (AvgIpc) is 2.06. The molecule has 0 aliphatic heterocycles. The first-order chi connectivity index (χ1) is 5.36. The maximum atomic E-state index is 8.80. The van der Waals surface area contributed by atoms with E-state index in [1.807, 2.05) is 24.3 Å². The molecule has 0 bridgehead atoms. The van der Waals surface area contributed by atoms with Crippen molar-refractivity contribution < 1.29 is 5.11 Å². The predicted molar refractivity (Wildman–Crippen MR) is 45.1 cm³/mol. The normalized spacial score (nSPS) is 10.0. The molecule has 0 aliphatic rings. The van der Waals surface area contributed by atoms with Crippen LogP contribution in [0.15, 0.2) is 24.3 Å². The summed E-state index contributed by atoms with van der Waals surface area (Å²) in [6, 6.07) is 7.84. The molecule has 0 aromatic heterocycles. The van der Waals surface area contributed by atoms with Gasteiger partial charge in [0.05, 0.1) is 6.61 Å². The van der Waals surface area contributed by atoms with Crippen molar-refractivity contribution in [3.8, 4) is 0 Å². The molecule has 3 N–H and O–H groups in total. The van der Waals surface area contributed by atoms with Gasteiger partial charge in [0.2, 0.25) is 0 Å². The average molecular weight is 151 g/mol. The Kier molecular flexibility index (Phi) is 3.08. The van der Waals surface area contributed by atoms with Crippen molar-refractivity contribution in [1.29, 1.82) is 0 Å². The molecule has 1 aromatic rings. The summed E-state index contributed by atoms with van der Waals surface area (Å²) < 4.78 is 0. The Morgan fingerprint density at radius 3 is 2.64 bits per heavy atom. The Morgan fingerprint density at radius 1 is 1.27 bits per heavy atom. The minimum absolute atomic E-state index is 0.110. The molecule has 0 fully saturated rings. The van der Waals surface area contributed by atoms with Gasteiger partial charge in [0.1, 0.15) is 0 Å². The summed E-state index contributed by atoms with van der Waals surface area (Å²) in [5.74, 6) is 0. The van der Waals surface area contributed by atoms with Crippen LogP contribution in [0.25, 0.3) is 0 Å². The number of aliphatic hydroxyl groups excluding tert-OH is 1. The van der Waals surface area contributed by atoms with Gasteiger partial charge in [-0.3, -0.25) is 0 Å². The lowest BCUT2D eigenvalue weighted by Gasteiger charge is -2.00. The molecule has 60 valence electrons. The lowest BCUT2D eigenvalue weighted by atomic mass is 10.1. The van der Waals surface area contributed by atoms with Crippen LogP contribution in [-0.4, -0.2) is 11.7 Å². The molecule has 0 saturated heterocycles. The third-order valence-electron chi connectivity index (χ3n) is 1.61. The van der Waals surface area contributed by atoms with Gasteiger partial charge in [-0.05, 0) is 24.1 Å². The predicted octanol–water partition coefficient (Wildman–Crippen LogP) is 0.680. The van der Waals surface area contributed by atoms with Crippen LogP contribution >= 0.6 is 0 Å². The van der Waals surface area contributed by atoms with Crippen molar-refractivity contribution in [3.05, 3.63) is 35.4 Å². The molecule has 0 saturated carbocycles. The molecule has 0 unspecified atom stereocenters. The van der Waals surface area contributed by atoms with E-state index in [0.717, 1.165) is 12.0 Å². The smallest absolute Gasteiger partial charge is 0.0681 e. The van der Waals surface area contributed by atoms with Gasteiger partial charge >= 0.3 is 0 Å². The molecule has 1 rings (SSSR count). The van der Waals surface area contributed by atoms with Crippen molar-refractivity contribution in [2.24, 2.45) is 5.73 Å². The van der Waals surface area contributed by atoms with Crippen LogP contribution in [0.5, 0.6) is 0 Å². The van der Waals surface area contributed by atoms with Gasteiger partial charge in [-0.15, -0.1) is 0 Å². The Bertz CT molecular complexity index is 223. The number of hydrogen-bond donors (Lipinski definition) is 2. The second-order valence-corrected chi connectivity index (χ2v) is 2.52. The number of benzene rings is 1. The third-order valence-corrected chi connectivity index (χ3v) is 1.61. The standard InChI is InChI=1S/C9H13NO/c10-5-4-8-2-1-3-9(6-8)7-11/h1-3,6,11H,4-5,7,10H2. The van der Waals surface area contributed by atoms with Crippen LogP contribution in [0.3, 0.4) is 0 Å². The molecule has 1 aromatic carbocycles. The highest BCUT2D eigenvalue weighted by molar-refractivity contribution is 5.22. The topological polar surface area (TPSA) is 46.2 Å². The quantitative estimate of drug-likeness (QED) is 0.667. The SMILES string of the molecule is NCCc1cccc(CO)c1. The van der Waals surface area contributed by atoms with E-state index in [0.29, 0.717) is 6.54 Å². The van der Waals surface area contributed by atoms with E-state index in [4.69, 9.17) is 10.8 Å². The highest BCUT2D eigenvalue weighted by Crippen LogP contribution is 2.04. The lowest BCUT2D eigenvalue weighted by molar-refractivity contribution is 0.281. The van der Waals surface area contributed by atoms with Gasteiger partial charge in [-0.2, -0.15) is 0 Å². The first kappa shape index (κ1) is 8.24. The van der Waals surface area contributed by atoms with Crippen LogP contribution in [0.4, 0.5) is 0 Å². The minimum Gasteiger partial charge on any atom is -0.392 e. The summed E-state index contributed by atoms with van der Waals surface area (Å²) in [6.45, 7) is 0.771. The highest BCUT2D eigenvalue weighted by atomic mass is 16.3. The molecule has 11 heavy (non-hydrogen) atoms. The summed E-state index contributed by atoms with van der Waals surface area (Å²) in [5.41, 5.74) is 7.54. The second-order valence-electron chi connectivity index (χ2n) is 2.52. The summed E-state index contributed by atoms with van der Waals surface area (Å²) in [6.07, 6.45) is 0.883. The van der Waals surface area contributed by atoms with Crippen LogP contribution in [-0.2, 0) is 13.0 Å². The van der Waals surface area contributed by atoms with Crippen LogP contribution in [0.1, 0.15) is 11.1 Å². The van der Waals surface area contributed by atoms with Gasteiger partial charge in [0.15, 0.2) is 0 Å². The summed E-state index contributed by atoms with van der Waals surface area (Å²) >= 11 is 0. The number of hydrogen-bond acceptors (Lipinski definition) is 2. The Balaban J connectivity index is 2.74. The molecule has 2 heteroatoms. The third kappa shape index (κ3) is 2.33. The Morgan fingerprint density at radius 2 is 2.00 bits per heavy atom. The maximum Gasteiger partial charge on any atom is 0.0681 e. The first-order valence-electron chi connectivity index (χ1n) is 3.75. The molecule has 2 nitrogen and oxygen atoms in total. The zero-order valence-corrected chi connectivity index (χ0v) is 6.46. The largest absolute Gasteiger partial charge is 0.392 e. The summed E-state index contributed by atoms with van der Waals surface area (Å²) in [4.78, 5) is 0. The Labute approximate surface area is 66.7 Å². The van der Waals surface area contributed by atoms with Crippen molar-refractivity contribution >= 4 is 0 Å². The van der Waals surface area contributed by atoms with E-state index in [9.17, 15) is 0 Å². The van der Waals surface area contributed by atoms with Crippen LogP contribution < -0.4 is 5.73 Å². The zero-order chi connectivity index (χ0) is 8.10. The van der Waals surface area contributed by atoms with Gasteiger partial charge < -0.3 is 10.8 Å². The van der Waals surface area contributed by atoms with Gasteiger partial charge in [0.25, 0.3) is 0 Å². The molecule has 0 heterocycles. The fraction of sp³-hybridized carbons (Fsp3) is 0.333. The Hall–Kier alpha value is -0.860. The van der Waals surface area contributed by atoms with Gasteiger partial charge in [-0.25, -0.2) is 0 Å². The lowest BCUT2D eigenvalue weighted by Crippen LogP contribution is -2.02. The van der Waals surface area contributed by atoms with Crippen molar-refractivity contribution in [2.45, 2.75) is 13.0 Å². The molecular formula is C9H13NO. The van der Waals surface area contributed by atoms with E-state index in [1.165, 1.54) is 5.56 Å². The van der Waals surface area contributed by atoms with Gasteiger partial charge in [-0.1, -0.05) is 24.3 Å². The fourth-order valence-electron chi connectivity index (χ4n) is 1.05. The highest BCUT2D eigenvalue weighted by Gasteiger charge is 1.92. The molecule has 0 radical (unpaired) electrons. The van der Waals surface area contributed by atoms with Gasteiger partial charge in [0, 0.05) is 0 Å². The first-order valence-corrected chi connectivity index (χ1v) is 3.75. The number of rotatable bonds is 3. The van der Waals surface area contributed by atoms with Crippen LogP contribution in [0, 0.1) is 0 Å². The summed E-state index contributed by atoms with van der Waals surface area (Å²) in [5, 5.41) is 8.80. The van der Waals surface area contributed by atoms with Crippen LogP contribution in [0.2, 0.25) is 0 Å². The number of aliphatic hydroxyl groups is 1. The molecule has 0 amide bonds. The van der Waals surface area contributed by atoms with E-state index in [1.54, 1.807) is 0 Å². The van der Waals surface area contributed by atoms with Crippen molar-refractivity contribution in [1.82, 2.24) is 0 Å². The molecular weight excluding hydrogens is 138 g/mol. The number of nitrogens with two attached hydrogens (primary N) is 1. The molecule has 0 spiro atoms. The zero-order valence-electron chi connectivity index (χ0n) is 6.46. The van der Waals surface area contributed by atoms with Crippen molar-refractivity contribution in [2.75, 3.05) is 6.54 Å².